The first-order chi connectivity index (χ1) is 7.72. The van der Waals surface area contributed by atoms with Crippen LogP contribution in [0.25, 0.3) is 0 Å². The van der Waals surface area contributed by atoms with E-state index in [0.717, 1.165) is 0 Å². The second-order valence-electron chi connectivity index (χ2n) is 3.67. The highest BCUT2D eigenvalue weighted by molar-refractivity contribution is 5.99. The van der Waals surface area contributed by atoms with Gasteiger partial charge >= 0.3 is 0 Å². The third kappa shape index (κ3) is 1.90. The van der Waals surface area contributed by atoms with E-state index in [1.165, 1.54) is 0 Å². The number of nitrogens with one attached hydrogen (secondary N) is 2. The second kappa shape index (κ2) is 4.32. The average Bonchev–Trinajstić information content (AvgIpc) is 2.33. The number of amides is 2. The number of hydrogen-bond donors (Lipinski definition) is 3. The Balaban J connectivity index is 2.00. The van der Waals surface area contributed by atoms with Gasteiger partial charge in [-0.05, 0) is 12.1 Å². The average molecular weight is 219 g/mol. The molecule has 0 bridgehead atoms. The summed E-state index contributed by atoms with van der Waals surface area (Å²) in [5, 5.41) is 5.27. The second-order valence-corrected chi connectivity index (χ2v) is 3.67. The molecule has 16 heavy (non-hydrogen) atoms. The molecule has 1 aliphatic rings. The molecule has 0 radical (unpaired) electrons. The van der Waals surface area contributed by atoms with E-state index in [1.54, 1.807) is 24.3 Å². The molecule has 0 spiro atoms. The van der Waals surface area contributed by atoms with Crippen molar-refractivity contribution in [1.82, 2.24) is 10.6 Å². The minimum atomic E-state index is -0.502. The molecule has 1 aromatic carbocycles. The van der Waals surface area contributed by atoms with Crippen LogP contribution in [0, 0.1) is 0 Å². The van der Waals surface area contributed by atoms with Crippen molar-refractivity contribution < 1.29 is 9.59 Å². The van der Waals surface area contributed by atoms with E-state index in [0.29, 0.717) is 12.1 Å². The van der Waals surface area contributed by atoms with Crippen molar-refractivity contribution in [3.63, 3.8) is 0 Å². The van der Waals surface area contributed by atoms with Gasteiger partial charge in [-0.1, -0.05) is 18.2 Å². The zero-order valence-electron chi connectivity index (χ0n) is 8.64. The van der Waals surface area contributed by atoms with Crippen LogP contribution in [0.2, 0.25) is 0 Å². The van der Waals surface area contributed by atoms with Crippen LogP contribution < -0.4 is 16.4 Å². The van der Waals surface area contributed by atoms with Gasteiger partial charge in [-0.25, -0.2) is 0 Å². The zero-order chi connectivity index (χ0) is 11.5. The number of rotatable bonds is 3. The molecule has 1 aliphatic heterocycles. The number of carbonyl (C=O) groups is 2. The summed E-state index contributed by atoms with van der Waals surface area (Å²) in [6.07, 6.45) is 0. The van der Waals surface area contributed by atoms with Gasteiger partial charge in [0.2, 0.25) is 5.91 Å². The highest BCUT2D eigenvalue weighted by Crippen LogP contribution is 2.06. The van der Waals surface area contributed by atoms with E-state index in [-0.39, 0.29) is 17.9 Å². The lowest BCUT2D eigenvalue weighted by atomic mass is 9.99. The van der Waals surface area contributed by atoms with Gasteiger partial charge in [0.05, 0.1) is 6.04 Å². The van der Waals surface area contributed by atoms with Gasteiger partial charge in [0.15, 0.2) is 0 Å². The predicted molar refractivity (Wildman–Crippen MR) is 58.7 cm³/mol. The first-order valence-corrected chi connectivity index (χ1v) is 5.08. The number of carbonyl (C=O) groups excluding carboxylic acids is 2. The first-order valence-electron chi connectivity index (χ1n) is 5.08. The van der Waals surface area contributed by atoms with Crippen LogP contribution in [0.5, 0.6) is 0 Å². The van der Waals surface area contributed by atoms with Crippen LogP contribution in [0.4, 0.5) is 0 Å². The molecule has 2 atom stereocenters. The van der Waals surface area contributed by atoms with Crippen LogP contribution in [-0.4, -0.2) is 30.4 Å². The van der Waals surface area contributed by atoms with E-state index >= 15 is 0 Å². The molecular formula is C11H13N3O2. The molecule has 2 amide bonds. The summed E-state index contributed by atoms with van der Waals surface area (Å²) < 4.78 is 0. The van der Waals surface area contributed by atoms with Crippen molar-refractivity contribution in [1.29, 1.82) is 0 Å². The molecule has 84 valence electrons. The Bertz CT molecular complexity index is 405. The van der Waals surface area contributed by atoms with Crippen LogP contribution in [-0.2, 0) is 4.79 Å². The fourth-order valence-electron chi connectivity index (χ4n) is 1.62. The Hall–Kier alpha value is -1.88. The number of hydrogen-bond acceptors (Lipinski definition) is 3. The van der Waals surface area contributed by atoms with Crippen molar-refractivity contribution >= 4 is 11.8 Å². The fraction of sp³-hybridized carbons (Fsp3) is 0.273. The molecular weight excluding hydrogens is 206 g/mol. The fourth-order valence-corrected chi connectivity index (χ4v) is 1.62. The number of benzene rings is 1. The lowest BCUT2D eigenvalue weighted by Crippen LogP contribution is -2.71. The van der Waals surface area contributed by atoms with Gasteiger partial charge in [0, 0.05) is 12.1 Å². The summed E-state index contributed by atoms with van der Waals surface area (Å²) in [4.78, 5) is 22.9. The van der Waals surface area contributed by atoms with Crippen molar-refractivity contribution in [2.75, 3.05) is 6.54 Å². The van der Waals surface area contributed by atoms with Crippen LogP contribution in [0.1, 0.15) is 10.4 Å². The summed E-state index contributed by atoms with van der Waals surface area (Å²) in [6, 6.07) is 8.12. The van der Waals surface area contributed by atoms with Gasteiger partial charge in [-0.15, -0.1) is 0 Å². The molecule has 0 unspecified atom stereocenters. The van der Waals surface area contributed by atoms with Crippen LogP contribution >= 0.6 is 0 Å². The summed E-state index contributed by atoms with van der Waals surface area (Å²) >= 11 is 0. The summed E-state index contributed by atoms with van der Waals surface area (Å²) in [5.74, 6) is -0.432. The minimum Gasteiger partial charge on any atom is -0.348 e. The number of nitrogens with two attached hydrogens (primary N) is 1. The van der Waals surface area contributed by atoms with E-state index in [1.807, 2.05) is 6.07 Å². The Morgan fingerprint density at radius 2 is 2.06 bits per heavy atom. The van der Waals surface area contributed by atoms with Gasteiger partial charge in [0.25, 0.3) is 5.91 Å². The van der Waals surface area contributed by atoms with Crippen molar-refractivity contribution in [3.05, 3.63) is 35.9 Å². The lowest BCUT2D eigenvalue weighted by molar-refractivity contribution is -0.131. The van der Waals surface area contributed by atoms with E-state index in [2.05, 4.69) is 10.6 Å². The SMILES string of the molecule is NC[C@@H]1NC(=O)[C@@H]1NC(=O)c1ccccc1. The molecule has 1 heterocycles. The Morgan fingerprint density at radius 3 is 2.62 bits per heavy atom. The van der Waals surface area contributed by atoms with Gasteiger partial charge in [-0.3, -0.25) is 9.59 Å². The third-order valence-corrected chi connectivity index (χ3v) is 2.59. The van der Waals surface area contributed by atoms with Crippen LogP contribution in [0.15, 0.2) is 30.3 Å². The molecule has 0 aromatic heterocycles. The molecule has 5 heteroatoms. The van der Waals surface area contributed by atoms with Crippen molar-refractivity contribution in [2.24, 2.45) is 5.73 Å². The van der Waals surface area contributed by atoms with E-state index in [9.17, 15) is 9.59 Å². The maximum atomic E-state index is 11.7. The number of β-lactam (4-membered cyclic amide) rings is 1. The zero-order valence-corrected chi connectivity index (χ0v) is 8.64. The smallest absolute Gasteiger partial charge is 0.251 e. The molecule has 1 aromatic rings. The highest BCUT2D eigenvalue weighted by atomic mass is 16.2. The Labute approximate surface area is 93.0 Å². The molecule has 2 rings (SSSR count). The molecule has 5 nitrogen and oxygen atoms in total. The maximum Gasteiger partial charge on any atom is 0.251 e. The van der Waals surface area contributed by atoms with E-state index < -0.39 is 6.04 Å². The molecule has 1 saturated heterocycles. The summed E-state index contributed by atoms with van der Waals surface area (Å²) in [6.45, 7) is 0.325. The lowest BCUT2D eigenvalue weighted by Gasteiger charge is -2.36. The highest BCUT2D eigenvalue weighted by Gasteiger charge is 2.39. The van der Waals surface area contributed by atoms with Gasteiger partial charge in [-0.2, -0.15) is 0 Å². The minimum absolute atomic E-state index is 0.153. The van der Waals surface area contributed by atoms with Crippen molar-refractivity contribution in [3.8, 4) is 0 Å². The third-order valence-electron chi connectivity index (χ3n) is 2.59. The first kappa shape index (κ1) is 10.6. The molecule has 0 saturated carbocycles. The molecule has 1 fully saturated rings. The largest absolute Gasteiger partial charge is 0.348 e. The maximum absolute atomic E-state index is 11.7. The van der Waals surface area contributed by atoms with Crippen molar-refractivity contribution in [2.45, 2.75) is 12.1 Å². The van der Waals surface area contributed by atoms with Gasteiger partial charge < -0.3 is 16.4 Å². The Kier molecular flexibility index (Phi) is 2.87. The van der Waals surface area contributed by atoms with E-state index in [4.69, 9.17) is 5.73 Å². The standard InChI is InChI=1S/C11H13N3O2/c12-6-8-9(11(16)13-8)14-10(15)7-4-2-1-3-5-7/h1-5,8-9H,6,12H2,(H,13,16)(H,14,15)/t8-,9+/m0/s1. The quantitative estimate of drug-likeness (QED) is 0.584. The molecule has 4 N–H and O–H groups in total. The summed E-state index contributed by atoms with van der Waals surface area (Å²) in [7, 11) is 0. The normalized spacial score (nSPS) is 23.2. The van der Waals surface area contributed by atoms with Crippen LogP contribution in [0.3, 0.4) is 0 Å². The topological polar surface area (TPSA) is 84.2 Å². The predicted octanol–water partition coefficient (Wildman–Crippen LogP) is -0.758. The summed E-state index contributed by atoms with van der Waals surface area (Å²) in [5.41, 5.74) is 5.97. The monoisotopic (exact) mass is 219 g/mol. The molecule has 0 aliphatic carbocycles. The Morgan fingerprint density at radius 1 is 1.38 bits per heavy atom. The van der Waals surface area contributed by atoms with Gasteiger partial charge in [0.1, 0.15) is 6.04 Å².